The number of rotatable bonds is 2. The summed E-state index contributed by atoms with van der Waals surface area (Å²) in [5, 5.41) is 0. The standard InChI is InChI=1S/C13H15BrN2O2/c1-17-10-2-3-11-12(14)15-13(16(11)8-10)9-4-6-18-7-5-9/h2-3,8-9H,4-7H2,1H3. The Hall–Kier alpha value is -1.07. The molecule has 0 N–H and O–H groups in total. The molecule has 1 aliphatic rings. The molecule has 5 heteroatoms. The zero-order valence-corrected chi connectivity index (χ0v) is 11.8. The van der Waals surface area contributed by atoms with Gasteiger partial charge in [-0.25, -0.2) is 4.98 Å². The van der Waals surface area contributed by atoms with Gasteiger partial charge in [-0.05, 0) is 40.9 Å². The van der Waals surface area contributed by atoms with E-state index in [1.165, 1.54) is 0 Å². The van der Waals surface area contributed by atoms with Crippen molar-refractivity contribution in [1.82, 2.24) is 9.38 Å². The molecule has 1 aliphatic heterocycles. The van der Waals surface area contributed by atoms with Crippen molar-refractivity contribution in [3.05, 3.63) is 28.8 Å². The minimum Gasteiger partial charge on any atom is -0.495 e. The highest BCUT2D eigenvalue weighted by Crippen LogP contribution is 2.31. The topological polar surface area (TPSA) is 35.8 Å². The van der Waals surface area contributed by atoms with Crippen molar-refractivity contribution in [2.45, 2.75) is 18.8 Å². The van der Waals surface area contributed by atoms with Gasteiger partial charge in [0.15, 0.2) is 0 Å². The Balaban J connectivity index is 2.09. The fraction of sp³-hybridized carbons (Fsp3) is 0.462. The molecular formula is C13H15BrN2O2. The number of hydrogen-bond acceptors (Lipinski definition) is 3. The molecule has 0 spiro atoms. The van der Waals surface area contributed by atoms with E-state index in [2.05, 4.69) is 25.3 Å². The Morgan fingerprint density at radius 3 is 2.89 bits per heavy atom. The van der Waals surface area contributed by atoms with Gasteiger partial charge in [0.1, 0.15) is 16.2 Å². The molecule has 0 bridgehead atoms. The summed E-state index contributed by atoms with van der Waals surface area (Å²) in [5.41, 5.74) is 1.08. The van der Waals surface area contributed by atoms with Crippen LogP contribution < -0.4 is 4.74 Å². The third-order valence-corrected chi connectivity index (χ3v) is 4.00. The summed E-state index contributed by atoms with van der Waals surface area (Å²) >= 11 is 3.53. The average molecular weight is 311 g/mol. The maximum absolute atomic E-state index is 5.41. The SMILES string of the molecule is COc1ccc2c(Br)nc(C3CCOCC3)n2c1. The highest BCUT2D eigenvalue weighted by Gasteiger charge is 2.22. The van der Waals surface area contributed by atoms with Gasteiger partial charge in [-0.3, -0.25) is 4.40 Å². The summed E-state index contributed by atoms with van der Waals surface area (Å²) in [5.74, 6) is 2.41. The summed E-state index contributed by atoms with van der Waals surface area (Å²) < 4.78 is 13.7. The third-order valence-electron chi connectivity index (χ3n) is 3.41. The first kappa shape index (κ1) is 12.0. The zero-order valence-electron chi connectivity index (χ0n) is 10.2. The van der Waals surface area contributed by atoms with Crippen molar-refractivity contribution in [2.75, 3.05) is 20.3 Å². The average Bonchev–Trinajstić information content (AvgIpc) is 2.76. The molecule has 0 aliphatic carbocycles. The number of ether oxygens (including phenoxy) is 2. The molecule has 1 saturated heterocycles. The van der Waals surface area contributed by atoms with Crippen LogP contribution in [-0.2, 0) is 4.74 Å². The highest BCUT2D eigenvalue weighted by molar-refractivity contribution is 9.10. The second-order valence-corrected chi connectivity index (χ2v) is 5.22. The fourth-order valence-corrected chi connectivity index (χ4v) is 2.92. The monoisotopic (exact) mass is 310 g/mol. The lowest BCUT2D eigenvalue weighted by atomic mass is 10.00. The number of halogens is 1. The van der Waals surface area contributed by atoms with Crippen LogP contribution in [0.2, 0.25) is 0 Å². The second-order valence-electron chi connectivity index (χ2n) is 4.47. The van der Waals surface area contributed by atoms with Gasteiger partial charge in [-0.2, -0.15) is 0 Å². The molecule has 2 aromatic rings. The largest absolute Gasteiger partial charge is 0.495 e. The van der Waals surface area contributed by atoms with Crippen LogP contribution >= 0.6 is 15.9 Å². The Kier molecular flexibility index (Phi) is 3.26. The maximum Gasteiger partial charge on any atom is 0.135 e. The number of fused-ring (bicyclic) bond motifs is 1. The van der Waals surface area contributed by atoms with Crippen LogP contribution in [-0.4, -0.2) is 29.7 Å². The lowest BCUT2D eigenvalue weighted by Gasteiger charge is -2.21. The number of methoxy groups -OCH3 is 1. The van der Waals surface area contributed by atoms with Gasteiger partial charge in [0.25, 0.3) is 0 Å². The molecule has 2 aromatic heterocycles. The molecule has 18 heavy (non-hydrogen) atoms. The molecule has 0 radical (unpaired) electrons. The molecule has 0 aromatic carbocycles. The number of aromatic nitrogens is 2. The predicted octanol–water partition coefficient (Wildman–Crippen LogP) is 3.00. The summed E-state index contributed by atoms with van der Waals surface area (Å²) in [6, 6.07) is 3.98. The molecule has 96 valence electrons. The van der Waals surface area contributed by atoms with Crippen molar-refractivity contribution in [3.63, 3.8) is 0 Å². The van der Waals surface area contributed by atoms with Crippen LogP contribution in [0.4, 0.5) is 0 Å². The van der Waals surface area contributed by atoms with Crippen LogP contribution in [0.1, 0.15) is 24.6 Å². The van der Waals surface area contributed by atoms with Gasteiger partial charge in [-0.1, -0.05) is 0 Å². The molecule has 3 rings (SSSR count). The van der Waals surface area contributed by atoms with E-state index in [1.54, 1.807) is 7.11 Å². The minimum absolute atomic E-state index is 0.463. The van der Waals surface area contributed by atoms with Crippen molar-refractivity contribution >= 4 is 21.4 Å². The number of hydrogen-bond donors (Lipinski definition) is 0. The van der Waals surface area contributed by atoms with Crippen LogP contribution in [0.3, 0.4) is 0 Å². The fourth-order valence-electron chi connectivity index (χ4n) is 2.42. The van der Waals surface area contributed by atoms with E-state index < -0.39 is 0 Å². The summed E-state index contributed by atoms with van der Waals surface area (Å²) in [7, 11) is 1.68. The van der Waals surface area contributed by atoms with Crippen molar-refractivity contribution in [2.24, 2.45) is 0 Å². The van der Waals surface area contributed by atoms with Crippen LogP contribution in [0.5, 0.6) is 5.75 Å². The quantitative estimate of drug-likeness (QED) is 0.855. The van der Waals surface area contributed by atoms with Crippen LogP contribution in [0, 0.1) is 0 Å². The van der Waals surface area contributed by atoms with E-state index in [9.17, 15) is 0 Å². The Morgan fingerprint density at radius 1 is 1.39 bits per heavy atom. The van der Waals surface area contributed by atoms with E-state index in [0.717, 1.165) is 47.7 Å². The summed E-state index contributed by atoms with van der Waals surface area (Å²) in [6.45, 7) is 1.64. The zero-order chi connectivity index (χ0) is 12.5. The Morgan fingerprint density at radius 2 is 2.17 bits per heavy atom. The molecule has 0 saturated carbocycles. The van der Waals surface area contributed by atoms with Gasteiger partial charge in [-0.15, -0.1) is 0 Å². The number of imidazole rings is 1. The first-order valence-corrected chi connectivity index (χ1v) is 6.88. The molecule has 0 atom stereocenters. The van der Waals surface area contributed by atoms with E-state index in [1.807, 2.05) is 18.3 Å². The van der Waals surface area contributed by atoms with E-state index in [0.29, 0.717) is 5.92 Å². The van der Waals surface area contributed by atoms with Crippen molar-refractivity contribution in [3.8, 4) is 5.75 Å². The van der Waals surface area contributed by atoms with E-state index in [4.69, 9.17) is 9.47 Å². The predicted molar refractivity (Wildman–Crippen MR) is 72.2 cm³/mol. The molecular weight excluding hydrogens is 296 g/mol. The highest BCUT2D eigenvalue weighted by atomic mass is 79.9. The minimum atomic E-state index is 0.463. The lowest BCUT2D eigenvalue weighted by Crippen LogP contribution is -2.16. The maximum atomic E-state index is 5.41. The molecule has 0 amide bonds. The smallest absolute Gasteiger partial charge is 0.135 e. The Bertz CT molecular complexity index is 561. The van der Waals surface area contributed by atoms with Gasteiger partial charge in [0.2, 0.25) is 0 Å². The van der Waals surface area contributed by atoms with Gasteiger partial charge in [0.05, 0.1) is 18.8 Å². The summed E-state index contributed by atoms with van der Waals surface area (Å²) in [4.78, 5) is 4.66. The first-order chi connectivity index (χ1) is 8.79. The summed E-state index contributed by atoms with van der Waals surface area (Å²) in [6.07, 6.45) is 4.06. The molecule has 1 fully saturated rings. The first-order valence-electron chi connectivity index (χ1n) is 6.09. The molecule has 0 unspecified atom stereocenters. The normalized spacial score (nSPS) is 17.2. The van der Waals surface area contributed by atoms with Crippen molar-refractivity contribution in [1.29, 1.82) is 0 Å². The van der Waals surface area contributed by atoms with Gasteiger partial charge >= 0.3 is 0 Å². The number of pyridine rings is 1. The third kappa shape index (κ3) is 2.01. The van der Waals surface area contributed by atoms with E-state index in [-0.39, 0.29) is 0 Å². The molecule has 4 nitrogen and oxygen atoms in total. The van der Waals surface area contributed by atoms with Gasteiger partial charge < -0.3 is 9.47 Å². The lowest BCUT2D eigenvalue weighted by molar-refractivity contribution is 0.0834. The van der Waals surface area contributed by atoms with Crippen molar-refractivity contribution < 1.29 is 9.47 Å². The Labute approximate surface area is 114 Å². The van der Waals surface area contributed by atoms with Crippen LogP contribution in [0.15, 0.2) is 22.9 Å². The second kappa shape index (κ2) is 4.90. The molecule has 3 heterocycles. The van der Waals surface area contributed by atoms with Gasteiger partial charge in [0, 0.05) is 19.1 Å². The number of nitrogens with zero attached hydrogens (tertiary/aromatic N) is 2. The van der Waals surface area contributed by atoms with E-state index >= 15 is 0 Å². The van der Waals surface area contributed by atoms with Crippen LogP contribution in [0.25, 0.3) is 5.52 Å².